The molecule has 0 aromatic rings. The first kappa shape index (κ1) is 5.72. The molecule has 0 amide bonds. The van der Waals surface area contributed by atoms with E-state index in [9.17, 15) is 0 Å². The number of hydrogen-bond donors (Lipinski definition) is 0. The van der Waals surface area contributed by atoms with E-state index >= 15 is 0 Å². The van der Waals surface area contributed by atoms with Crippen LogP contribution in [0.15, 0.2) is 0 Å². The molecule has 0 aromatic heterocycles. The summed E-state index contributed by atoms with van der Waals surface area (Å²) in [7, 11) is 0. The molecule has 0 atom stereocenters. The predicted octanol–water partition coefficient (Wildman–Crippen LogP) is 2.11. The van der Waals surface area contributed by atoms with Gasteiger partial charge in [-0.15, -0.1) is 0 Å². The topological polar surface area (TPSA) is 9.23 Å². The average molecular weight is 126 g/mol. The fourth-order valence-corrected chi connectivity index (χ4v) is 1.29. The smallest absolute Gasteiger partial charge is 0.0579 e. The van der Waals surface area contributed by atoms with E-state index in [4.69, 9.17) is 4.74 Å². The Morgan fingerprint density at radius 1 is 0.778 bits per heavy atom. The molecule has 0 saturated heterocycles. The van der Waals surface area contributed by atoms with Crippen molar-refractivity contribution in [3.05, 3.63) is 0 Å². The Hall–Kier alpha value is -0.0400. The van der Waals surface area contributed by atoms with Gasteiger partial charge in [0.2, 0.25) is 0 Å². The van der Waals surface area contributed by atoms with Crippen molar-refractivity contribution in [3.8, 4) is 0 Å². The molecule has 0 radical (unpaired) electrons. The third-order valence-corrected chi connectivity index (χ3v) is 2.49. The fourth-order valence-electron chi connectivity index (χ4n) is 1.29. The van der Waals surface area contributed by atoms with Crippen molar-refractivity contribution in [3.63, 3.8) is 0 Å². The summed E-state index contributed by atoms with van der Waals surface area (Å²) in [4.78, 5) is 0. The van der Waals surface area contributed by atoms with Gasteiger partial charge in [-0.3, -0.25) is 0 Å². The monoisotopic (exact) mass is 126 g/mol. The van der Waals surface area contributed by atoms with Crippen molar-refractivity contribution < 1.29 is 4.74 Å². The summed E-state index contributed by atoms with van der Waals surface area (Å²) in [5.41, 5.74) is 0. The molecular weight excluding hydrogens is 112 g/mol. The van der Waals surface area contributed by atoms with E-state index < -0.39 is 0 Å². The molecular formula is C8H14O. The summed E-state index contributed by atoms with van der Waals surface area (Å²) in [6, 6.07) is 0. The van der Waals surface area contributed by atoms with E-state index in [1.165, 1.54) is 38.5 Å². The lowest BCUT2D eigenvalue weighted by molar-refractivity contribution is -0.0823. The van der Waals surface area contributed by atoms with Crippen LogP contribution in [-0.4, -0.2) is 12.2 Å². The zero-order valence-corrected chi connectivity index (χ0v) is 5.81. The summed E-state index contributed by atoms with van der Waals surface area (Å²) >= 11 is 0. The van der Waals surface area contributed by atoms with E-state index in [0.29, 0.717) is 12.2 Å². The molecule has 2 fully saturated rings. The molecule has 2 aliphatic rings. The van der Waals surface area contributed by atoms with Gasteiger partial charge in [0, 0.05) is 0 Å². The van der Waals surface area contributed by atoms with Gasteiger partial charge in [-0.05, 0) is 38.5 Å². The van der Waals surface area contributed by atoms with Gasteiger partial charge in [0.25, 0.3) is 0 Å². The largest absolute Gasteiger partial charge is 0.375 e. The van der Waals surface area contributed by atoms with Crippen LogP contribution in [0.3, 0.4) is 0 Å². The van der Waals surface area contributed by atoms with Crippen molar-refractivity contribution in [1.82, 2.24) is 0 Å². The molecule has 1 nitrogen and oxygen atoms in total. The minimum atomic E-state index is 0.662. The van der Waals surface area contributed by atoms with Crippen molar-refractivity contribution in [2.75, 3.05) is 0 Å². The van der Waals surface area contributed by atoms with Gasteiger partial charge in [-0.25, -0.2) is 0 Å². The maximum Gasteiger partial charge on any atom is 0.0579 e. The molecule has 2 saturated carbocycles. The molecule has 0 N–H and O–H groups in total. The van der Waals surface area contributed by atoms with Gasteiger partial charge in [0.05, 0.1) is 12.2 Å². The first-order valence-corrected chi connectivity index (χ1v) is 4.10. The molecule has 1 heteroatoms. The molecule has 0 heterocycles. The molecule has 0 aromatic carbocycles. The van der Waals surface area contributed by atoms with Gasteiger partial charge in [-0.2, -0.15) is 0 Å². The second-order valence-corrected chi connectivity index (χ2v) is 3.24. The lowest BCUT2D eigenvalue weighted by Crippen LogP contribution is -2.31. The highest BCUT2D eigenvalue weighted by Gasteiger charge is 2.25. The third-order valence-electron chi connectivity index (χ3n) is 2.49. The Kier molecular flexibility index (Phi) is 1.46. The molecule has 2 rings (SSSR count). The van der Waals surface area contributed by atoms with Crippen LogP contribution in [0.4, 0.5) is 0 Å². The summed E-state index contributed by atoms with van der Waals surface area (Å²) in [5.74, 6) is 0. The van der Waals surface area contributed by atoms with E-state index in [2.05, 4.69) is 0 Å². The first-order valence-electron chi connectivity index (χ1n) is 4.10. The van der Waals surface area contributed by atoms with Crippen LogP contribution in [-0.2, 0) is 4.74 Å². The Bertz CT molecular complexity index is 80.7. The molecule has 0 aliphatic heterocycles. The molecule has 0 spiro atoms. The fraction of sp³-hybridized carbons (Fsp3) is 1.00. The van der Waals surface area contributed by atoms with E-state index in [1.54, 1.807) is 0 Å². The highest BCUT2D eigenvalue weighted by molar-refractivity contribution is 4.76. The number of ether oxygens (including phenoxy) is 1. The molecule has 0 bridgehead atoms. The second kappa shape index (κ2) is 2.30. The van der Waals surface area contributed by atoms with Crippen LogP contribution in [0.25, 0.3) is 0 Å². The predicted molar refractivity (Wildman–Crippen MR) is 36.4 cm³/mol. The minimum absolute atomic E-state index is 0.662. The van der Waals surface area contributed by atoms with Crippen molar-refractivity contribution in [2.24, 2.45) is 0 Å². The lowest BCUT2D eigenvalue weighted by atomic mass is 9.92. The first-order chi connectivity index (χ1) is 4.45. The summed E-state index contributed by atoms with van der Waals surface area (Å²) in [5, 5.41) is 0. The minimum Gasteiger partial charge on any atom is -0.375 e. The van der Waals surface area contributed by atoms with Crippen LogP contribution in [0.1, 0.15) is 38.5 Å². The molecule has 0 unspecified atom stereocenters. The van der Waals surface area contributed by atoms with E-state index in [1.807, 2.05) is 0 Å². The van der Waals surface area contributed by atoms with Gasteiger partial charge in [-0.1, -0.05) is 0 Å². The average Bonchev–Trinajstić information content (AvgIpc) is 1.57. The zero-order valence-electron chi connectivity index (χ0n) is 5.81. The second-order valence-electron chi connectivity index (χ2n) is 3.24. The maximum absolute atomic E-state index is 5.72. The highest BCUT2D eigenvalue weighted by Crippen LogP contribution is 2.30. The molecule has 2 aliphatic carbocycles. The highest BCUT2D eigenvalue weighted by atomic mass is 16.5. The Labute approximate surface area is 56.4 Å². The third kappa shape index (κ3) is 1.11. The van der Waals surface area contributed by atoms with Gasteiger partial charge < -0.3 is 4.74 Å². The van der Waals surface area contributed by atoms with Crippen molar-refractivity contribution in [2.45, 2.75) is 50.7 Å². The molecule has 9 heavy (non-hydrogen) atoms. The summed E-state index contributed by atoms with van der Waals surface area (Å²) in [6.45, 7) is 0. The summed E-state index contributed by atoms with van der Waals surface area (Å²) in [6.07, 6.45) is 9.44. The lowest BCUT2D eigenvalue weighted by Gasteiger charge is -2.34. The van der Waals surface area contributed by atoms with Crippen molar-refractivity contribution >= 4 is 0 Å². The molecule has 52 valence electrons. The quantitative estimate of drug-likeness (QED) is 0.550. The SMILES string of the molecule is C1CC(OC2CCC2)C1. The summed E-state index contributed by atoms with van der Waals surface area (Å²) < 4.78 is 5.72. The Morgan fingerprint density at radius 3 is 1.44 bits per heavy atom. The Balaban J connectivity index is 1.64. The van der Waals surface area contributed by atoms with Gasteiger partial charge in [0.15, 0.2) is 0 Å². The van der Waals surface area contributed by atoms with E-state index in [-0.39, 0.29) is 0 Å². The van der Waals surface area contributed by atoms with E-state index in [0.717, 1.165) is 0 Å². The zero-order chi connectivity index (χ0) is 6.10. The van der Waals surface area contributed by atoms with Crippen molar-refractivity contribution in [1.29, 1.82) is 0 Å². The van der Waals surface area contributed by atoms with Crippen LogP contribution < -0.4 is 0 Å². The standard InChI is InChI=1S/C8H14O/c1-3-7(4-1)9-8-5-2-6-8/h7-8H,1-6H2. The van der Waals surface area contributed by atoms with Crippen LogP contribution >= 0.6 is 0 Å². The number of hydrogen-bond acceptors (Lipinski definition) is 1. The number of rotatable bonds is 2. The van der Waals surface area contributed by atoms with Gasteiger partial charge >= 0.3 is 0 Å². The Morgan fingerprint density at radius 2 is 1.22 bits per heavy atom. The van der Waals surface area contributed by atoms with Gasteiger partial charge in [0.1, 0.15) is 0 Å². The normalized spacial score (nSPS) is 29.3. The maximum atomic E-state index is 5.72. The van der Waals surface area contributed by atoms with Crippen LogP contribution in [0.5, 0.6) is 0 Å². The van der Waals surface area contributed by atoms with Crippen LogP contribution in [0, 0.1) is 0 Å². The van der Waals surface area contributed by atoms with Crippen LogP contribution in [0.2, 0.25) is 0 Å².